The Morgan fingerprint density at radius 3 is 1.73 bits per heavy atom. The number of carbonyl (C=O) groups is 3. The summed E-state index contributed by atoms with van der Waals surface area (Å²) < 4.78 is 10.2. The van der Waals surface area contributed by atoms with E-state index in [-0.39, 0.29) is 5.56 Å². The number of ether oxygens (including phenoxy) is 2. The lowest BCUT2D eigenvalue weighted by Crippen LogP contribution is -2.46. The van der Waals surface area contributed by atoms with Crippen molar-refractivity contribution in [3.8, 4) is 0 Å². The summed E-state index contributed by atoms with van der Waals surface area (Å²) in [5.41, 5.74) is -1.46. The molecule has 0 aromatic carbocycles. The van der Waals surface area contributed by atoms with Crippen LogP contribution in [0, 0.1) is 0 Å². The zero-order chi connectivity index (χ0) is 17.1. The second-order valence-electron chi connectivity index (χ2n) is 6.61. The third kappa shape index (κ3) is 5.48. The molecule has 0 aliphatic rings. The van der Waals surface area contributed by atoms with Crippen molar-refractivity contribution < 1.29 is 23.9 Å². The Hall–Kier alpha value is -1.89. The fourth-order valence-electron chi connectivity index (χ4n) is 1.37. The lowest BCUT2D eigenvalue weighted by atomic mass is 10.2. The van der Waals surface area contributed by atoms with Crippen LogP contribution in [0.1, 0.15) is 51.9 Å². The molecule has 122 valence electrons. The maximum Gasteiger partial charge on any atom is 0.427 e. The Morgan fingerprint density at radius 1 is 0.955 bits per heavy atom. The second-order valence-corrected chi connectivity index (χ2v) is 7.39. The topological polar surface area (TPSA) is 72.9 Å². The van der Waals surface area contributed by atoms with E-state index in [1.807, 2.05) is 0 Å². The molecule has 1 aromatic heterocycles. The molecule has 1 aromatic rings. The van der Waals surface area contributed by atoms with Gasteiger partial charge in [-0.3, -0.25) is 4.79 Å². The quantitative estimate of drug-likeness (QED) is 0.777. The Balaban J connectivity index is 3.07. The molecule has 0 aliphatic carbocycles. The van der Waals surface area contributed by atoms with Gasteiger partial charge in [0.05, 0.1) is 5.56 Å². The molecule has 0 radical (unpaired) electrons. The van der Waals surface area contributed by atoms with E-state index in [0.717, 1.165) is 0 Å². The average Bonchev–Trinajstić information content (AvgIpc) is 2.76. The normalized spacial score (nSPS) is 11.7. The molecule has 6 nitrogen and oxygen atoms in total. The van der Waals surface area contributed by atoms with Crippen LogP contribution in [0.25, 0.3) is 0 Å². The van der Waals surface area contributed by atoms with Crippen molar-refractivity contribution in [3.63, 3.8) is 0 Å². The molecule has 0 spiro atoms. The Kier molecular flexibility index (Phi) is 5.35. The summed E-state index contributed by atoms with van der Waals surface area (Å²) in [6.07, 6.45) is -2.11. The lowest BCUT2D eigenvalue weighted by Gasteiger charge is -2.27. The minimum absolute atomic E-state index is 0.224. The zero-order valence-corrected chi connectivity index (χ0v) is 14.4. The number of thiophene rings is 1. The predicted molar refractivity (Wildman–Crippen MR) is 83.0 cm³/mol. The largest absolute Gasteiger partial charge is 0.443 e. The van der Waals surface area contributed by atoms with E-state index in [4.69, 9.17) is 9.47 Å². The summed E-state index contributed by atoms with van der Waals surface area (Å²) in [5.74, 6) is -0.773. The molecule has 0 unspecified atom stereocenters. The van der Waals surface area contributed by atoms with Gasteiger partial charge in [-0.1, -0.05) is 0 Å². The van der Waals surface area contributed by atoms with Gasteiger partial charge in [0.2, 0.25) is 0 Å². The van der Waals surface area contributed by atoms with Gasteiger partial charge in [-0.2, -0.15) is 11.3 Å². The van der Waals surface area contributed by atoms with Crippen molar-refractivity contribution in [1.82, 2.24) is 4.90 Å². The molecule has 0 bridgehead atoms. The molecule has 0 atom stereocenters. The van der Waals surface area contributed by atoms with Crippen LogP contribution in [-0.4, -0.2) is 34.2 Å². The fourth-order valence-corrected chi connectivity index (χ4v) is 2.00. The van der Waals surface area contributed by atoms with Crippen molar-refractivity contribution in [2.24, 2.45) is 0 Å². The molecule has 0 fully saturated rings. The molecule has 0 saturated heterocycles. The second kappa shape index (κ2) is 6.48. The smallest absolute Gasteiger partial charge is 0.427 e. The first-order valence-corrected chi connectivity index (χ1v) is 7.67. The first-order chi connectivity index (χ1) is 9.91. The summed E-state index contributed by atoms with van der Waals surface area (Å²) >= 11 is 1.28. The van der Waals surface area contributed by atoms with Gasteiger partial charge in [0, 0.05) is 5.38 Å². The Morgan fingerprint density at radius 2 is 1.41 bits per heavy atom. The highest BCUT2D eigenvalue weighted by Gasteiger charge is 2.36. The SMILES string of the molecule is CC(C)(C)OC(=O)N(C(=O)OC(C)(C)C)C(=O)c1ccsc1. The van der Waals surface area contributed by atoms with Crippen LogP contribution in [0.3, 0.4) is 0 Å². The Labute approximate surface area is 134 Å². The van der Waals surface area contributed by atoms with E-state index >= 15 is 0 Å². The van der Waals surface area contributed by atoms with Gasteiger partial charge in [-0.25, -0.2) is 9.59 Å². The van der Waals surface area contributed by atoms with Crippen LogP contribution >= 0.6 is 11.3 Å². The number of hydrogen-bond acceptors (Lipinski definition) is 6. The number of imide groups is 3. The average molecular weight is 327 g/mol. The predicted octanol–water partition coefficient (Wildman–Crippen LogP) is 4.06. The van der Waals surface area contributed by atoms with Crippen molar-refractivity contribution in [2.45, 2.75) is 52.7 Å². The fraction of sp³-hybridized carbons (Fsp3) is 0.533. The number of rotatable bonds is 1. The number of nitrogens with zero attached hydrogens (tertiary/aromatic N) is 1. The molecule has 7 heteroatoms. The minimum Gasteiger partial charge on any atom is -0.443 e. The minimum atomic E-state index is -1.06. The first-order valence-electron chi connectivity index (χ1n) is 6.73. The van der Waals surface area contributed by atoms with Gasteiger partial charge in [-0.05, 0) is 53.0 Å². The molecular weight excluding hydrogens is 306 g/mol. The molecule has 1 heterocycles. The first kappa shape index (κ1) is 18.2. The maximum absolute atomic E-state index is 12.4. The van der Waals surface area contributed by atoms with Gasteiger partial charge in [0.1, 0.15) is 11.2 Å². The van der Waals surface area contributed by atoms with Gasteiger partial charge in [-0.15, -0.1) is 4.90 Å². The monoisotopic (exact) mass is 327 g/mol. The van der Waals surface area contributed by atoms with Crippen molar-refractivity contribution >= 4 is 29.4 Å². The summed E-state index contributed by atoms with van der Waals surface area (Å²) in [4.78, 5) is 37.2. The van der Waals surface area contributed by atoms with E-state index < -0.39 is 29.3 Å². The summed E-state index contributed by atoms with van der Waals surface area (Å²) in [5, 5.41) is 3.22. The molecule has 3 amide bonds. The highest BCUT2D eigenvalue weighted by atomic mass is 32.1. The molecule has 0 aliphatic heterocycles. The molecule has 0 N–H and O–H groups in total. The van der Waals surface area contributed by atoms with Crippen LogP contribution in [0.4, 0.5) is 9.59 Å². The number of carbonyl (C=O) groups excluding carboxylic acids is 3. The van der Waals surface area contributed by atoms with Gasteiger partial charge in [0.15, 0.2) is 0 Å². The molecule has 22 heavy (non-hydrogen) atoms. The van der Waals surface area contributed by atoms with E-state index in [2.05, 4.69) is 0 Å². The molecular formula is C15H21NO5S. The van der Waals surface area contributed by atoms with Gasteiger partial charge in [0.25, 0.3) is 5.91 Å². The van der Waals surface area contributed by atoms with E-state index in [1.54, 1.807) is 52.3 Å². The third-order valence-electron chi connectivity index (χ3n) is 2.12. The standard InChI is InChI=1S/C15H21NO5S/c1-14(2,3)20-12(18)16(13(19)21-15(4,5)6)11(17)10-7-8-22-9-10/h7-9H,1-6H3. The zero-order valence-electron chi connectivity index (χ0n) is 13.6. The van der Waals surface area contributed by atoms with E-state index in [1.165, 1.54) is 17.4 Å². The number of amides is 3. The summed E-state index contributed by atoms with van der Waals surface area (Å²) in [6.45, 7) is 9.88. The third-order valence-corrected chi connectivity index (χ3v) is 2.81. The van der Waals surface area contributed by atoms with Crippen molar-refractivity contribution in [3.05, 3.63) is 22.4 Å². The van der Waals surface area contributed by atoms with E-state index in [0.29, 0.717) is 4.90 Å². The van der Waals surface area contributed by atoms with Crippen LogP contribution in [-0.2, 0) is 9.47 Å². The lowest BCUT2D eigenvalue weighted by molar-refractivity contribution is 0.00399. The maximum atomic E-state index is 12.4. The van der Waals surface area contributed by atoms with Crippen LogP contribution < -0.4 is 0 Å². The van der Waals surface area contributed by atoms with Crippen molar-refractivity contribution in [1.29, 1.82) is 0 Å². The van der Waals surface area contributed by atoms with E-state index in [9.17, 15) is 14.4 Å². The number of hydrogen-bond donors (Lipinski definition) is 0. The van der Waals surface area contributed by atoms with Gasteiger partial charge < -0.3 is 9.47 Å². The molecule has 1 rings (SSSR count). The molecule has 0 saturated carbocycles. The Bertz CT molecular complexity index is 523. The van der Waals surface area contributed by atoms with Crippen LogP contribution in [0.2, 0.25) is 0 Å². The summed E-state index contributed by atoms with van der Waals surface area (Å²) in [7, 11) is 0. The van der Waals surface area contributed by atoms with Crippen LogP contribution in [0.15, 0.2) is 16.8 Å². The van der Waals surface area contributed by atoms with Crippen molar-refractivity contribution in [2.75, 3.05) is 0 Å². The summed E-state index contributed by atoms with van der Waals surface area (Å²) in [6, 6.07) is 1.52. The highest BCUT2D eigenvalue weighted by molar-refractivity contribution is 7.08. The highest BCUT2D eigenvalue weighted by Crippen LogP contribution is 2.18. The van der Waals surface area contributed by atoms with Crippen LogP contribution in [0.5, 0.6) is 0 Å². The van der Waals surface area contributed by atoms with Gasteiger partial charge >= 0.3 is 12.2 Å².